The van der Waals surface area contributed by atoms with E-state index < -0.39 is 11.7 Å². The van der Waals surface area contributed by atoms with Gasteiger partial charge in [-0.3, -0.25) is 0 Å². The first-order valence-corrected chi connectivity index (χ1v) is 4.80. The van der Waals surface area contributed by atoms with Gasteiger partial charge < -0.3 is 5.73 Å². The summed E-state index contributed by atoms with van der Waals surface area (Å²) >= 11 is 9.79. The predicted octanol–water partition coefficient (Wildman–Crippen LogP) is 2.93. The van der Waals surface area contributed by atoms with Gasteiger partial charge in [0.05, 0.1) is 5.56 Å². The van der Waals surface area contributed by atoms with E-state index >= 15 is 0 Å². The van der Waals surface area contributed by atoms with E-state index in [1.807, 2.05) is 0 Å². The molecule has 86 valence electrons. The summed E-state index contributed by atoms with van der Waals surface area (Å²) < 4.78 is 36.5. The van der Waals surface area contributed by atoms with E-state index in [0.29, 0.717) is 5.56 Å². The van der Waals surface area contributed by atoms with Gasteiger partial charge in [0.15, 0.2) is 4.45 Å². The quantitative estimate of drug-likeness (QED) is 0.279. The first-order chi connectivity index (χ1) is 7.30. The number of nitrogens with two attached hydrogens (primary N) is 1. The molecule has 1 rings (SSSR count). The van der Waals surface area contributed by atoms with Crippen LogP contribution in [-0.2, 0) is 6.18 Å². The van der Waals surface area contributed by atoms with E-state index in [-0.39, 0.29) is 10.3 Å². The molecule has 0 aromatic heterocycles. The first-order valence-electron chi connectivity index (χ1n) is 4.02. The minimum Gasteiger partial charge on any atom is -0.383 e. The number of aliphatic imine (C=N–C) groups is 1. The van der Waals surface area contributed by atoms with Gasteiger partial charge in [0, 0.05) is 5.56 Å². The maximum Gasteiger partial charge on any atom is 0.416 e. The van der Waals surface area contributed by atoms with Crippen molar-refractivity contribution in [3.8, 4) is 0 Å². The summed E-state index contributed by atoms with van der Waals surface area (Å²) in [4.78, 5) is 3.55. The maximum atomic E-state index is 12.2. The lowest BCUT2D eigenvalue weighted by Crippen LogP contribution is -2.14. The molecule has 7 heteroatoms. The van der Waals surface area contributed by atoms with Gasteiger partial charge in [-0.05, 0) is 36.0 Å². The molecule has 0 heterocycles. The summed E-state index contributed by atoms with van der Waals surface area (Å²) in [6, 6.07) is 4.23. The van der Waals surface area contributed by atoms with Crippen LogP contribution in [-0.4, -0.2) is 10.3 Å². The SMILES string of the molecule is NC(=NC(=S)Cl)c1ccc(C(F)(F)F)cc1. The topological polar surface area (TPSA) is 38.4 Å². The van der Waals surface area contributed by atoms with E-state index in [0.717, 1.165) is 12.1 Å². The van der Waals surface area contributed by atoms with Gasteiger partial charge in [-0.25, -0.2) is 4.99 Å². The van der Waals surface area contributed by atoms with E-state index in [4.69, 9.17) is 17.3 Å². The molecule has 0 atom stereocenters. The van der Waals surface area contributed by atoms with Crippen LogP contribution in [0.25, 0.3) is 0 Å². The molecule has 0 fully saturated rings. The van der Waals surface area contributed by atoms with Crippen LogP contribution in [0, 0.1) is 0 Å². The van der Waals surface area contributed by atoms with Crippen LogP contribution in [0.15, 0.2) is 29.3 Å². The first kappa shape index (κ1) is 12.9. The van der Waals surface area contributed by atoms with Crippen LogP contribution in [0.4, 0.5) is 13.2 Å². The number of rotatable bonds is 1. The summed E-state index contributed by atoms with van der Waals surface area (Å²) in [5.74, 6) is -0.0197. The molecule has 0 amide bonds. The molecule has 0 aliphatic carbocycles. The Bertz CT molecular complexity index is 425. The normalized spacial score (nSPS) is 12.6. The highest BCUT2D eigenvalue weighted by molar-refractivity contribution is 7.83. The van der Waals surface area contributed by atoms with Crippen molar-refractivity contribution < 1.29 is 13.2 Å². The summed E-state index contributed by atoms with van der Waals surface area (Å²) in [5, 5.41) is 0. The second kappa shape index (κ2) is 4.80. The lowest BCUT2D eigenvalue weighted by Gasteiger charge is -2.07. The van der Waals surface area contributed by atoms with Gasteiger partial charge in [0.2, 0.25) is 0 Å². The van der Waals surface area contributed by atoms with Gasteiger partial charge in [-0.2, -0.15) is 13.2 Å². The minimum atomic E-state index is -4.37. The number of nitrogens with zero attached hydrogens (tertiary/aromatic N) is 1. The Kier molecular flexibility index (Phi) is 3.88. The maximum absolute atomic E-state index is 12.2. The summed E-state index contributed by atoms with van der Waals surface area (Å²) in [7, 11) is 0. The molecule has 1 aromatic carbocycles. The van der Waals surface area contributed by atoms with E-state index in [1.165, 1.54) is 12.1 Å². The second-order valence-corrected chi connectivity index (χ2v) is 3.79. The molecule has 16 heavy (non-hydrogen) atoms. The van der Waals surface area contributed by atoms with E-state index in [9.17, 15) is 13.2 Å². The zero-order valence-corrected chi connectivity index (χ0v) is 9.33. The molecule has 0 aliphatic heterocycles. The summed E-state index contributed by atoms with van der Waals surface area (Å²) in [6.45, 7) is 0. The Balaban J connectivity index is 3.00. The van der Waals surface area contributed by atoms with Crippen molar-refractivity contribution in [3.05, 3.63) is 35.4 Å². The van der Waals surface area contributed by atoms with Crippen LogP contribution in [0.2, 0.25) is 0 Å². The highest BCUT2D eigenvalue weighted by Gasteiger charge is 2.29. The highest BCUT2D eigenvalue weighted by Crippen LogP contribution is 2.28. The Labute approximate surface area is 99.9 Å². The fourth-order valence-electron chi connectivity index (χ4n) is 0.989. The third-order valence-electron chi connectivity index (χ3n) is 1.72. The van der Waals surface area contributed by atoms with E-state index in [2.05, 4.69) is 17.2 Å². The van der Waals surface area contributed by atoms with Crippen LogP contribution < -0.4 is 5.73 Å². The molecule has 0 unspecified atom stereocenters. The number of hydrogen-bond acceptors (Lipinski definition) is 1. The molecule has 1 aromatic rings. The third kappa shape index (κ3) is 3.46. The fourth-order valence-corrected chi connectivity index (χ4v) is 1.18. The second-order valence-electron chi connectivity index (χ2n) is 2.83. The molecular formula is C9H6ClF3N2S. The molecule has 0 radical (unpaired) electrons. The molecule has 0 aliphatic rings. The van der Waals surface area contributed by atoms with Crippen LogP contribution in [0.5, 0.6) is 0 Å². The van der Waals surface area contributed by atoms with Crippen molar-refractivity contribution in [1.82, 2.24) is 0 Å². The Morgan fingerprint density at radius 2 is 1.75 bits per heavy atom. The van der Waals surface area contributed by atoms with Gasteiger partial charge in [-0.15, -0.1) is 0 Å². The van der Waals surface area contributed by atoms with Crippen molar-refractivity contribution in [3.63, 3.8) is 0 Å². The third-order valence-corrected chi connectivity index (χ3v) is 1.89. The van der Waals surface area contributed by atoms with Crippen molar-refractivity contribution in [2.75, 3.05) is 0 Å². The number of alkyl halides is 3. The van der Waals surface area contributed by atoms with Crippen molar-refractivity contribution in [2.24, 2.45) is 10.7 Å². The van der Waals surface area contributed by atoms with E-state index in [1.54, 1.807) is 0 Å². The summed E-state index contributed by atoms with van der Waals surface area (Å²) in [6.07, 6.45) is -4.37. The Hall–Kier alpha value is -1.14. The number of amidine groups is 1. The van der Waals surface area contributed by atoms with Gasteiger partial charge >= 0.3 is 6.18 Å². The minimum absolute atomic E-state index is 0.0197. The highest BCUT2D eigenvalue weighted by atomic mass is 35.5. The van der Waals surface area contributed by atoms with Crippen LogP contribution in [0.3, 0.4) is 0 Å². The van der Waals surface area contributed by atoms with Crippen LogP contribution in [0.1, 0.15) is 11.1 Å². The summed E-state index contributed by atoms with van der Waals surface area (Å²) in [5.41, 5.74) is 5.03. The lowest BCUT2D eigenvalue weighted by molar-refractivity contribution is -0.137. The standard InChI is InChI=1S/C9H6ClF3N2S/c10-8(16)15-7(14)5-1-3-6(4-2-5)9(11,12)13/h1-4H,(H2,14,15,16). The molecule has 2 N–H and O–H groups in total. The fraction of sp³-hybridized carbons (Fsp3) is 0.111. The van der Waals surface area contributed by atoms with Crippen molar-refractivity contribution in [1.29, 1.82) is 0 Å². The molecule has 2 nitrogen and oxygen atoms in total. The number of hydrogen-bond donors (Lipinski definition) is 1. The Morgan fingerprint density at radius 3 is 2.12 bits per heavy atom. The van der Waals surface area contributed by atoms with Crippen LogP contribution >= 0.6 is 23.8 Å². The molecular weight excluding hydrogens is 261 g/mol. The average molecular weight is 267 g/mol. The molecule has 0 saturated carbocycles. The Morgan fingerprint density at radius 1 is 1.25 bits per heavy atom. The van der Waals surface area contributed by atoms with Crippen molar-refractivity contribution in [2.45, 2.75) is 6.18 Å². The molecule has 0 spiro atoms. The smallest absolute Gasteiger partial charge is 0.383 e. The number of halogens is 4. The molecule has 0 bridgehead atoms. The molecule has 0 saturated heterocycles. The zero-order chi connectivity index (χ0) is 12.3. The lowest BCUT2D eigenvalue weighted by atomic mass is 10.1. The zero-order valence-electron chi connectivity index (χ0n) is 7.75. The number of thiocarbonyl (C=S) groups is 1. The monoisotopic (exact) mass is 266 g/mol. The van der Waals surface area contributed by atoms with Gasteiger partial charge in [0.1, 0.15) is 5.84 Å². The predicted molar refractivity (Wildman–Crippen MR) is 60.6 cm³/mol. The average Bonchev–Trinajstić information content (AvgIpc) is 2.15. The van der Waals surface area contributed by atoms with Gasteiger partial charge in [0.25, 0.3) is 0 Å². The largest absolute Gasteiger partial charge is 0.416 e. The van der Waals surface area contributed by atoms with Crippen molar-refractivity contribution >= 4 is 34.1 Å². The van der Waals surface area contributed by atoms with Gasteiger partial charge in [-0.1, -0.05) is 12.1 Å². The number of benzene rings is 1.